The molecule has 3 heteroatoms. The molecular weight excluding hydrogens is 178 g/mol. The molecule has 2 saturated carbocycles. The third kappa shape index (κ3) is 2.27. The molecule has 80 valence electrons. The molecule has 0 N–H and O–H groups in total. The molecule has 1 amide bonds. The molecule has 0 aromatic heterocycles. The second-order valence-corrected chi connectivity index (χ2v) is 4.54. The summed E-state index contributed by atoms with van der Waals surface area (Å²) in [5, 5.41) is 0. The molecule has 0 aliphatic heterocycles. The molecule has 2 aliphatic carbocycles. The molecule has 0 saturated heterocycles. The smallest absolute Gasteiger partial charge is 0.251 e. The van der Waals surface area contributed by atoms with Crippen molar-refractivity contribution in [1.29, 1.82) is 0 Å². The highest BCUT2D eigenvalue weighted by molar-refractivity contribution is 5.81. The number of amides is 1. The van der Waals surface area contributed by atoms with E-state index in [2.05, 4.69) is 0 Å². The fourth-order valence-corrected chi connectivity index (χ4v) is 1.72. The van der Waals surface area contributed by atoms with Gasteiger partial charge in [-0.2, -0.15) is 0 Å². The Morgan fingerprint density at radius 1 is 1.43 bits per heavy atom. The van der Waals surface area contributed by atoms with Crippen LogP contribution in [0, 0.1) is 5.92 Å². The van der Waals surface area contributed by atoms with E-state index in [4.69, 9.17) is 4.74 Å². The first-order valence-corrected chi connectivity index (χ1v) is 5.55. The Bertz CT molecular complexity index is 221. The largest absolute Gasteiger partial charge is 0.372 e. The van der Waals surface area contributed by atoms with E-state index in [9.17, 15) is 4.79 Å². The summed E-state index contributed by atoms with van der Waals surface area (Å²) >= 11 is 0. The number of carbonyl (C=O) groups excluding carboxylic acids is 1. The van der Waals surface area contributed by atoms with E-state index >= 15 is 0 Å². The zero-order valence-corrected chi connectivity index (χ0v) is 9.03. The Kier molecular flexibility index (Phi) is 2.77. The van der Waals surface area contributed by atoms with Gasteiger partial charge >= 0.3 is 0 Å². The SMILES string of the molecule is COC(C)C(=O)N(CC1CC1)C1CC1. The standard InChI is InChI=1S/C11H19NO2/c1-8(14-2)11(13)12(10-5-6-10)7-9-3-4-9/h8-10H,3-7H2,1-2H3. The lowest BCUT2D eigenvalue weighted by Crippen LogP contribution is -2.41. The van der Waals surface area contributed by atoms with Gasteiger partial charge in [0.1, 0.15) is 6.10 Å². The number of carbonyl (C=O) groups is 1. The quantitative estimate of drug-likeness (QED) is 0.667. The first-order chi connectivity index (χ1) is 6.72. The van der Waals surface area contributed by atoms with Crippen LogP contribution in [0.2, 0.25) is 0 Å². The number of nitrogens with zero attached hydrogens (tertiary/aromatic N) is 1. The van der Waals surface area contributed by atoms with Crippen LogP contribution in [0.1, 0.15) is 32.6 Å². The predicted octanol–water partition coefficient (Wildman–Crippen LogP) is 1.42. The topological polar surface area (TPSA) is 29.5 Å². The van der Waals surface area contributed by atoms with Crippen LogP contribution in [-0.4, -0.2) is 36.6 Å². The minimum absolute atomic E-state index is 0.182. The van der Waals surface area contributed by atoms with Gasteiger partial charge in [0, 0.05) is 19.7 Å². The monoisotopic (exact) mass is 197 g/mol. The second-order valence-electron chi connectivity index (χ2n) is 4.54. The minimum Gasteiger partial charge on any atom is -0.372 e. The molecule has 0 aromatic carbocycles. The third-order valence-corrected chi connectivity index (χ3v) is 3.12. The maximum Gasteiger partial charge on any atom is 0.251 e. The minimum atomic E-state index is -0.269. The fraction of sp³-hybridized carbons (Fsp3) is 0.909. The molecule has 3 nitrogen and oxygen atoms in total. The van der Waals surface area contributed by atoms with Crippen molar-refractivity contribution >= 4 is 5.91 Å². The van der Waals surface area contributed by atoms with E-state index in [0.717, 1.165) is 12.5 Å². The summed E-state index contributed by atoms with van der Waals surface area (Å²) in [6, 6.07) is 0.528. The van der Waals surface area contributed by atoms with Crippen molar-refractivity contribution in [1.82, 2.24) is 4.90 Å². The molecule has 14 heavy (non-hydrogen) atoms. The van der Waals surface area contributed by atoms with E-state index in [-0.39, 0.29) is 12.0 Å². The Morgan fingerprint density at radius 3 is 2.50 bits per heavy atom. The van der Waals surface area contributed by atoms with Gasteiger partial charge in [-0.15, -0.1) is 0 Å². The normalized spacial score (nSPS) is 23.3. The van der Waals surface area contributed by atoms with E-state index in [1.807, 2.05) is 11.8 Å². The van der Waals surface area contributed by atoms with E-state index in [1.54, 1.807) is 7.11 Å². The van der Waals surface area contributed by atoms with Crippen LogP contribution < -0.4 is 0 Å². The molecule has 2 fully saturated rings. The molecule has 2 rings (SSSR count). The van der Waals surface area contributed by atoms with E-state index < -0.39 is 0 Å². The average Bonchev–Trinajstić information content (AvgIpc) is 3.02. The van der Waals surface area contributed by atoms with Crippen molar-refractivity contribution in [3.05, 3.63) is 0 Å². The van der Waals surface area contributed by atoms with Gasteiger partial charge in [0.05, 0.1) is 0 Å². The molecule has 0 heterocycles. The summed E-state index contributed by atoms with van der Waals surface area (Å²) in [7, 11) is 1.60. The number of rotatable bonds is 5. The van der Waals surface area contributed by atoms with Gasteiger partial charge < -0.3 is 9.64 Å². The molecule has 0 bridgehead atoms. The van der Waals surface area contributed by atoms with Crippen molar-refractivity contribution in [3.8, 4) is 0 Å². The van der Waals surface area contributed by atoms with Crippen molar-refractivity contribution in [2.24, 2.45) is 5.92 Å². The van der Waals surface area contributed by atoms with Crippen LogP contribution in [0.15, 0.2) is 0 Å². The lowest BCUT2D eigenvalue weighted by atomic mass is 10.3. The predicted molar refractivity (Wildman–Crippen MR) is 53.9 cm³/mol. The molecule has 1 unspecified atom stereocenters. The number of hydrogen-bond acceptors (Lipinski definition) is 2. The third-order valence-electron chi connectivity index (χ3n) is 3.12. The van der Waals surface area contributed by atoms with Gasteiger partial charge in [0.2, 0.25) is 0 Å². The first kappa shape index (κ1) is 9.97. The average molecular weight is 197 g/mol. The van der Waals surface area contributed by atoms with Crippen LogP contribution in [0.4, 0.5) is 0 Å². The van der Waals surface area contributed by atoms with Crippen molar-refractivity contribution in [2.75, 3.05) is 13.7 Å². The lowest BCUT2D eigenvalue weighted by Gasteiger charge is -2.25. The van der Waals surface area contributed by atoms with Crippen LogP contribution in [-0.2, 0) is 9.53 Å². The molecule has 2 aliphatic rings. The van der Waals surface area contributed by atoms with Crippen LogP contribution >= 0.6 is 0 Å². The Morgan fingerprint density at radius 2 is 2.07 bits per heavy atom. The van der Waals surface area contributed by atoms with Gasteiger partial charge in [-0.25, -0.2) is 0 Å². The summed E-state index contributed by atoms with van der Waals surface area (Å²) in [6.07, 6.45) is 4.72. The highest BCUT2D eigenvalue weighted by Crippen LogP contribution is 2.35. The van der Waals surface area contributed by atoms with E-state index in [1.165, 1.54) is 25.7 Å². The van der Waals surface area contributed by atoms with Crippen LogP contribution in [0.3, 0.4) is 0 Å². The summed E-state index contributed by atoms with van der Waals surface area (Å²) in [5.74, 6) is 0.963. The summed E-state index contributed by atoms with van der Waals surface area (Å²) < 4.78 is 5.08. The van der Waals surface area contributed by atoms with Gasteiger partial charge in [0.15, 0.2) is 0 Å². The first-order valence-electron chi connectivity index (χ1n) is 5.55. The van der Waals surface area contributed by atoms with Gasteiger partial charge in [-0.05, 0) is 38.5 Å². The zero-order valence-electron chi connectivity index (χ0n) is 9.03. The molecular formula is C11H19NO2. The summed E-state index contributed by atoms with van der Waals surface area (Å²) in [4.78, 5) is 14.0. The number of hydrogen-bond donors (Lipinski definition) is 0. The van der Waals surface area contributed by atoms with Crippen molar-refractivity contribution in [2.45, 2.75) is 44.8 Å². The van der Waals surface area contributed by atoms with Gasteiger partial charge in [-0.3, -0.25) is 4.79 Å². The maximum absolute atomic E-state index is 11.9. The van der Waals surface area contributed by atoms with Crippen LogP contribution in [0.5, 0.6) is 0 Å². The van der Waals surface area contributed by atoms with Gasteiger partial charge in [0.25, 0.3) is 5.91 Å². The number of methoxy groups -OCH3 is 1. The molecule has 0 spiro atoms. The Labute approximate surface area is 85.4 Å². The highest BCUT2D eigenvalue weighted by Gasteiger charge is 2.37. The van der Waals surface area contributed by atoms with Crippen LogP contribution in [0.25, 0.3) is 0 Å². The molecule has 0 radical (unpaired) electrons. The lowest BCUT2D eigenvalue weighted by molar-refractivity contribution is -0.141. The molecule has 1 atom stereocenters. The Balaban J connectivity index is 1.90. The van der Waals surface area contributed by atoms with E-state index in [0.29, 0.717) is 6.04 Å². The van der Waals surface area contributed by atoms with Crippen molar-refractivity contribution < 1.29 is 9.53 Å². The number of ether oxygens (including phenoxy) is 1. The highest BCUT2D eigenvalue weighted by atomic mass is 16.5. The Hall–Kier alpha value is -0.570. The van der Waals surface area contributed by atoms with Gasteiger partial charge in [-0.1, -0.05) is 0 Å². The molecule has 0 aromatic rings. The summed E-state index contributed by atoms with van der Waals surface area (Å²) in [6.45, 7) is 2.81. The maximum atomic E-state index is 11.9. The zero-order chi connectivity index (χ0) is 10.1. The fourth-order valence-electron chi connectivity index (χ4n) is 1.72. The summed E-state index contributed by atoms with van der Waals surface area (Å²) in [5.41, 5.74) is 0. The van der Waals surface area contributed by atoms with Crippen molar-refractivity contribution in [3.63, 3.8) is 0 Å². The second kappa shape index (κ2) is 3.89.